The predicted molar refractivity (Wildman–Crippen MR) is 82.1 cm³/mol. The molecule has 0 saturated heterocycles. The van der Waals surface area contributed by atoms with Gasteiger partial charge < -0.3 is 10.2 Å². The second kappa shape index (κ2) is 6.29. The molecule has 0 spiro atoms. The summed E-state index contributed by atoms with van der Waals surface area (Å²) in [6.07, 6.45) is 0. The van der Waals surface area contributed by atoms with Crippen LogP contribution in [0.5, 0.6) is 0 Å². The number of rotatable bonds is 3. The van der Waals surface area contributed by atoms with Crippen molar-refractivity contribution in [3.8, 4) is 0 Å². The van der Waals surface area contributed by atoms with Gasteiger partial charge in [-0.15, -0.1) is 0 Å². The predicted octanol–water partition coefficient (Wildman–Crippen LogP) is 4.05. The molecular formula is C15H15FN2S. The summed E-state index contributed by atoms with van der Waals surface area (Å²) in [6, 6.07) is 16.1. The number of anilines is 2. The lowest BCUT2D eigenvalue weighted by molar-refractivity contribution is 0.628. The molecule has 0 bridgehead atoms. The van der Waals surface area contributed by atoms with E-state index in [9.17, 15) is 4.39 Å². The number of halogens is 1. The van der Waals surface area contributed by atoms with Gasteiger partial charge in [0, 0.05) is 17.9 Å². The molecule has 0 atom stereocenters. The Morgan fingerprint density at radius 3 is 2.53 bits per heavy atom. The van der Waals surface area contributed by atoms with Gasteiger partial charge in [-0.25, -0.2) is 4.39 Å². The molecule has 1 N–H and O–H groups in total. The van der Waals surface area contributed by atoms with Crippen molar-refractivity contribution in [2.24, 2.45) is 0 Å². The van der Waals surface area contributed by atoms with E-state index in [0.29, 0.717) is 11.7 Å². The van der Waals surface area contributed by atoms with Gasteiger partial charge >= 0.3 is 0 Å². The maximum absolute atomic E-state index is 13.3. The molecule has 0 aromatic heterocycles. The molecule has 4 heteroatoms. The Balaban J connectivity index is 2.16. The average Bonchev–Trinajstić information content (AvgIpc) is 2.41. The number of hydrogen-bond donors (Lipinski definition) is 1. The molecule has 0 aliphatic carbocycles. The second-order valence-corrected chi connectivity index (χ2v) is 4.41. The van der Waals surface area contributed by atoms with E-state index in [4.69, 9.17) is 12.2 Å². The highest BCUT2D eigenvalue weighted by atomic mass is 32.1. The van der Waals surface area contributed by atoms with E-state index in [2.05, 4.69) is 5.32 Å². The first kappa shape index (κ1) is 13.5. The van der Waals surface area contributed by atoms with Crippen LogP contribution >= 0.6 is 12.2 Å². The zero-order valence-corrected chi connectivity index (χ0v) is 11.5. The van der Waals surface area contributed by atoms with Gasteiger partial charge in [0.25, 0.3) is 0 Å². The van der Waals surface area contributed by atoms with Gasteiger partial charge in [0.15, 0.2) is 5.11 Å². The lowest BCUT2D eigenvalue weighted by Crippen LogP contribution is -2.34. The lowest BCUT2D eigenvalue weighted by atomic mass is 10.3. The number of thiocarbonyl (C=S) groups is 1. The maximum Gasteiger partial charge on any atom is 0.177 e. The molecule has 2 rings (SSSR count). The highest BCUT2D eigenvalue weighted by Gasteiger charge is 2.10. The third kappa shape index (κ3) is 3.51. The van der Waals surface area contributed by atoms with Crippen molar-refractivity contribution in [1.29, 1.82) is 0 Å². The molecule has 2 aromatic carbocycles. The number of hydrogen-bond acceptors (Lipinski definition) is 1. The van der Waals surface area contributed by atoms with Crippen LogP contribution in [-0.2, 0) is 0 Å². The van der Waals surface area contributed by atoms with Crippen LogP contribution in [0.1, 0.15) is 6.92 Å². The van der Waals surface area contributed by atoms with E-state index in [1.807, 2.05) is 48.2 Å². The average molecular weight is 274 g/mol. The minimum atomic E-state index is -0.265. The molecule has 0 heterocycles. The topological polar surface area (TPSA) is 15.3 Å². The highest BCUT2D eigenvalue weighted by molar-refractivity contribution is 7.80. The van der Waals surface area contributed by atoms with E-state index in [-0.39, 0.29) is 5.82 Å². The van der Waals surface area contributed by atoms with E-state index >= 15 is 0 Å². The molecule has 0 amide bonds. The van der Waals surface area contributed by atoms with Crippen LogP contribution in [0.4, 0.5) is 15.8 Å². The third-order valence-electron chi connectivity index (χ3n) is 2.71. The van der Waals surface area contributed by atoms with Crippen LogP contribution in [-0.4, -0.2) is 11.7 Å². The summed E-state index contributed by atoms with van der Waals surface area (Å²) >= 11 is 5.37. The molecule has 0 unspecified atom stereocenters. The molecule has 0 aliphatic heterocycles. The number of benzene rings is 2. The summed E-state index contributed by atoms with van der Waals surface area (Å²) < 4.78 is 13.3. The smallest absolute Gasteiger partial charge is 0.177 e. The molecule has 2 aromatic rings. The summed E-state index contributed by atoms with van der Waals surface area (Å²) in [5, 5.41) is 3.70. The number of nitrogens with zero attached hydrogens (tertiary/aromatic N) is 1. The first-order valence-electron chi connectivity index (χ1n) is 6.10. The largest absolute Gasteiger partial charge is 0.332 e. The minimum Gasteiger partial charge on any atom is -0.332 e. The summed E-state index contributed by atoms with van der Waals surface area (Å²) in [5.74, 6) is -0.265. The van der Waals surface area contributed by atoms with Crippen molar-refractivity contribution < 1.29 is 4.39 Å². The molecular weight excluding hydrogens is 259 g/mol. The van der Waals surface area contributed by atoms with Crippen molar-refractivity contribution >= 4 is 28.7 Å². The van der Waals surface area contributed by atoms with Gasteiger partial charge in [0.2, 0.25) is 0 Å². The molecule has 0 saturated carbocycles. The Morgan fingerprint density at radius 1 is 1.16 bits per heavy atom. The van der Waals surface area contributed by atoms with Crippen LogP contribution in [0.15, 0.2) is 54.6 Å². The summed E-state index contributed by atoms with van der Waals surface area (Å²) in [7, 11) is 0. The standard InChI is InChI=1S/C15H15FN2S/c1-2-18(14-10-6-7-12(16)11-14)15(19)17-13-8-4-3-5-9-13/h3-11H,2H2,1H3,(H,17,19). The minimum absolute atomic E-state index is 0.265. The molecule has 0 aliphatic rings. The lowest BCUT2D eigenvalue weighted by Gasteiger charge is -2.24. The van der Waals surface area contributed by atoms with Crippen LogP contribution < -0.4 is 10.2 Å². The first-order valence-corrected chi connectivity index (χ1v) is 6.50. The van der Waals surface area contributed by atoms with Gasteiger partial charge in [0.05, 0.1) is 0 Å². The summed E-state index contributed by atoms with van der Waals surface area (Å²) in [5.41, 5.74) is 1.67. The fraction of sp³-hybridized carbons (Fsp3) is 0.133. The fourth-order valence-corrected chi connectivity index (χ4v) is 2.15. The van der Waals surface area contributed by atoms with Crippen LogP contribution in [0.25, 0.3) is 0 Å². The van der Waals surface area contributed by atoms with Crippen molar-refractivity contribution in [3.63, 3.8) is 0 Å². The van der Waals surface area contributed by atoms with Crippen molar-refractivity contribution in [3.05, 3.63) is 60.4 Å². The quantitative estimate of drug-likeness (QED) is 0.850. The zero-order valence-electron chi connectivity index (χ0n) is 10.6. The Kier molecular flexibility index (Phi) is 4.47. The zero-order chi connectivity index (χ0) is 13.7. The fourth-order valence-electron chi connectivity index (χ4n) is 1.80. The van der Waals surface area contributed by atoms with Crippen LogP contribution in [0.3, 0.4) is 0 Å². The van der Waals surface area contributed by atoms with Crippen molar-refractivity contribution in [2.45, 2.75) is 6.92 Å². The van der Waals surface area contributed by atoms with Crippen molar-refractivity contribution in [2.75, 3.05) is 16.8 Å². The maximum atomic E-state index is 13.3. The van der Waals surface area contributed by atoms with Crippen LogP contribution in [0, 0.1) is 5.82 Å². The summed E-state index contributed by atoms with van der Waals surface area (Å²) in [4.78, 5) is 1.85. The van der Waals surface area contributed by atoms with Crippen molar-refractivity contribution in [1.82, 2.24) is 0 Å². The van der Waals surface area contributed by atoms with E-state index in [1.54, 1.807) is 6.07 Å². The Bertz CT molecular complexity index is 557. The highest BCUT2D eigenvalue weighted by Crippen LogP contribution is 2.17. The SMILES string of the molecule is CCN(C(=S)Nc1ccccc1)c1cccc(F)c1. The second-order valence-electron chi connectivity index (χ2n) is 4.02. The molecule has 19 heavy (non-hydrogen) atoms. The third-order valence-corrected chi connectivity index (χ3v) is 3.03. The van der Waals surface area contributed by atoms with Gasteiger partial charge in [-0.05, 0) is 49.5 Å². The van der Waals surface area contributed by atoms with Crippen LogP contribution in [0.2, 0.25) is 0 Å². The summed E-state index contributed by atoms with van der Waals surface area (Å²) in [6.45, 7) is 2.64. The number of para-hydroxylation sites is 1. The molecule has 0 fully saturated rings. The Morgan fingerprint density at radius 2 is 1.89 bits per heavy atom. The Labute approximate surface area is 117 Å². The van der Waals surface area contributed by atoms with Gasteiger partial charge in [0.1, 0.15) is 5.82 Å². The van der Waals surface area contributed by atoms with E-state index in [0.717, 1.165) is 11.4 Å². The van der Waals surface area contributed by atoms with E-state index < -0.39 is 0 Å². The monoisotopic (exact) mass is 274 g/mol. The molecule has 98 valence electrons. The number of nitrogens with one attached hydrogen (secondary N) is 1. The molecule has 0 radical (unpaired) electrons. The van der Waals surface area contributed by atoms with E-state index in [1.165, 1.54) is 12.1 Å². The molecule has 2 nitrogen and oxygen atoms in total. The van der Waals surface area contributed by atoms with Gasteiger partial charge in [-0.1, -0.05) is 24.3 Å². The van der Waals surface area contributed by atoms with Gasteiger partial charge in [-0.3, -0.25) is 0 Å². The Hall–Kier alpha value is -1.94. The normalized spacial score (nSPS) is 10.0. The first-order chi connectivity index (χ1) is 9.20. The van der Waals surface area contributed by atoms with Gasteiger partial charge in [-0.2, -0.15) is 0 Å².